The van der Waals surface area contributed by atoms with E-state index < -0.39 is 47.0 Å². The first-order valence-corrected chi connectivity index (χ1v) is 11.6. The van der Waals surface area contributed by atoms with E-state index in [0.717, 1.165) is 37.9 Å². The Bertz CT molecular complexity index is 984. The van der Waals surface area contributed by atoms with Crippen LogP contribution >= 0.6 is 0 Å². The van der Waals surface area contributed by atoms with Crippen molar-refractivity contribution in [3.8, 4) is 0 Å². The highest BCUT2D eigenvalue weighted by Crippen LogP contribution is 2.42. The molecule has 3 nitrogen and oxygen atoms in total. The molecule has 3 atom stereocenters. The minimum Gasteiger partial charge on any atom is -0.367 e. The summed E-state index contributed by atoms with van der Waals surface area (Å²) in [5.41, 5.74) is -2.88. The van der Waals surface area contributed by atoms with Crippen molar-refractivity contribution < 1.29 is 35.5 Å². The minimum absolute atomic E-state index is 0.115. The Labute approximate surface area is 199 Å². The van der Waals surface area contributed by atoms with E-state index >= 15 is 0 Å². The molecule has 0 aromatic heterocycles. The van der Waals surface area contributed by atoms with Gasteiger partial charge in [0, 0.05) is 13.1 Å². The molecule has 4 rings (SSSR count). The Morgan fingerprint density at radius 3 is 2.03 bits per heavy atom. The summed E-state index contributed by atoms with van der Waals surface area (Å²) in [6.07, 6.45) is -8.53. The zero-order valence-electron chi connectivity index (χ0n) is 19.1. The fourth-order valence-electron chi connectivity index (χ4n) is 5.19. The summed E-state index contributed by atoms with van der Waals surface area (Å²) in [4.78, 5) is 2.24. The largest absolute Gasteiger partial charge is 0.416 e. The predicted octanol–water partition coefficient (Wildman–Crippen LogP) is 6.29. The maximum absolute atomic E-state index is 13.7. The average molecular weight is 504 g/mol. The quantitative estimate of drug-likeness (QED) is 0.484. The number of ether oxygens (including phenoxy) is 1. The lowest BCUT2D eigenvalue weighted by Gasteiger charge is -2.47. The molecule has 2 saturated heterocycles. The van der Waals surface area contributed by atoms with Crippen LogP contribution in [0.3, 0.4) is 0 Å². The Hall–Kier alpha value is -2.17. The number of hydrogen-bond acceptors (Lipinski definition) is 3. The van der Waals surface area contributed by atoms with Crippen LogP contribution in [0, 0.1) is 5.82 Å². The van der Waals surface area contributed by atoms with E-state index in [1.165, 1.54) is 19.1 Å². The van der Waals surface area contributed by atoms with Crippen LogP contribution in [0.5, 0.6) is 0 Å². The first-order chi connectivity index (χ1) is 16.4. The number of rotatable bonds is 5. The summed E-state index contributed by atoms with van der Waals surface area (Å²) in [6.45, 7) is 3.79. The third-order valence-electron chi connectivity index (χ3n) is 6.97. The van der Waals surface area contributed by atoms with Gasteiger partial charge < -0.3 is 10.1 Å². The number of benzene rings is 2. The smallest absolute Gasteiger partial charge is 0.367 e. The summed E-state index contributed by atoms with van der Waals surface area (Å²) >= 11 is 0. The Balaban J connectivity index is 1.70. The first-order valence-electron chi connectivity index (χ1n) is 11.6. The molecule has 2 aliphatic heterocycles. The molecular formula is C25H27F7N2O. The Morgan fingerprint density at radius 1 is 0.914 bits per heavy atom. The fourth-order valence-corrected chi connectivity index (χ4v) is 5.19. The van der Waals surface area contributed by atoms with Gasteiger partial charge in [-0.2, -0.15) is 26.3 Å². The van der Waals surface area contributed by atoms with Crippen LogP contribution in [-0.2, 0) is 22.6 Å². The first kappa shape index (κ1) is 25.9. The number of likely N-dealkylation sites (tertiary alicyclic amines) is 1. The number of nitrogens with one attached hydrogen (secondary N) is 1. The highest BCUT2D eigenvalue weighted by Gasteiger charge is 2.50. The molecule has 0 bridgehead atoms. The molecule has 1 N–H and O–H groups in total. The van der Waals surface area contributed by atoms with E-state index in [2.05, 4.69) is 10.2 Å². The summed E-state index contributed by atoms with van der Waals surface area (Å²) in [5, 5.41) is 3.28. The third-order valence-corrected chi connectivity index (χ3v) is 6.97. The maximum Gasteiger partial charge on any atom is 0.416 e. The fraction of sp³-hybridized carbons (Fsp3) is 0.520. The van der Waals surface area contributed by atoms with Crippen molar-refractivity contribution in [3.05, 3.63) is 70.5 Å². The van der Waals surface area contributed by atoms with Gasteiger partial charge in [-0.3, -0.25) is 4.90 Å². The van der Waals surface area contributed by atoms with E-state index in [-0.39, 0.29) is 11.6 Å². The number of hydrogen-bond donors (Lipinski definition) is 1. The lowest BCUT2D eigenvalue weighted by Crippen LogP contribution is -2.56. The molecule has 2 aromatic carbocycles. The molecule has 10 heteroatoms. The summed E-state index contributed by atoms with van der Waals surface area (Å²) < 4.78 is 100. The van der Waals surface area contributed by atoms with Crippen molar-refractivity contribution in [3.63, 3.8) is 0 Å². The second kappa shape index (κ2) is 9.71. The monoisotopic (exact) mass is 504 g/mol. The highest BCUT2D eigenvalue weighted by atomic mass is 19.4. The molecule has 0 aliphatic carbocycles. The zero-order chi connectivity index (χ0) is 25.4. The van der Waals surface area contributed by atoms with Crippen LogP contribution < -0.4 is 5.32 Å². The van der Waals surface area contributed by atoms with Gasteiger partial charge in [0.25, 0.3) is 0 Å². The second-order valence-corrected chi connectivity index (χ2v) is 9.22. The van der Waals surface area contributed by atoms with Gasteiger partial charge >= 0.3 is 12.4 Å². The van der Waals surface area contributed by atoms with Gasteiger partial charge in [0.05, 0.1) is 28.9 Å². The average Bonchev–Trinajstić information content (AvgIpc) is 3.23. The highest BCUT2D eigenvalue weighted by molar-refractivity contribution is 5.35. The minimum atomic E-state index is -4.93. The van der Waals surface area contributed by atoms with Crippen LogP contribution in [0.1, 0.15) is 54.5 Å². The normalized spacial score (nSPS) is 25.1. The molecule has 0 amide bonds. The summed E-state index contributed by atoms with van der Waals surface area (Å²) in [6, 6.07) is 7.58. The standard InChI is InChI=1S/C25H27F7N2O/c1-16(17-11-19(24(27,28)29)13-20(12-17)25(30,31)32)35-22-14-33-15-23(22,34-9-3-2-4-10-34)18-5-7-21(26)8-6-18/h5-8,11-13,16,22,33H,2-4,9-10,14-15H2,1H3/t16-,22+,23-/m1/s1. The zero-order valence-corrected chi connectivity index (χ0v) is 19.1. The van der Waals surface area contributed by atoms with Crippen LogP contribution in [0.25, 0.3) is 0 Å². The van der Waals surface area contributed by atoms with Crippen molar-refractivity contribution in [1.29, 1.82) is 0 Å². The SMILES string of the molecule is C[C@@H](O[C@H]1CNC[C@]1(c1ccc(F)cc1)N1CCCCC1)c1cc(C(F)(F)F)cc(C(F)(F)F)c1. The van der Waals surface area contributed by atoms with E-state index in [4.69, 9.17) is 4.74 Å². The molecule has 2 aromatic rings. The lowest BCUT2D eigenvalue weighted by molar-refractivity contribution is -0.143. The van der Waals surface area contributed by atoms with Gasteiger partial charge in [-0.1, -0.05) is 18.6 Å². The number of piperidine rings is 1. The van der Waals surface area contributed by atoms with Gasteiger partial charge in [-0.05, 0) is 74.3 Å². The van der Waals surface area contributed by atoms with Crippen LogP contribution in [0.4, 0.5) is 30.7 Å². The number of alkyl halides is 6. The molecule has 192 valence electrons. The van der Waals surface area contributed by atoms with Crippen molar-refractivity contribution in [2.24, 2.45) is 0 Å². The molecule has 0 unspecified atom stereocenters. The Kier molecular flexibility index (Phi) is 7.19. The van der Waals surface area contributed by atoms with Crippen LogP contribution in [0.2, 0.25) is 0 Å². The van der Waals surface area contributed by atoms with Crippen LogP contribution in [0.15, 0.2) is 42.5 Å². The Morgan fingerprint density at radius 2 is 1.49 bits per heavy atom. The number of nitrogens with zero attached hydrogens (tertiary/aromatic N) is 1. The van der Waals surface area contributed by atoms with Gasteiger partial charge in [-0.15, -0.1) is 0 Å². The topological polar surface area (TPSA) is 24.5 Å². The van der Waals surface area contributed by atoms with Gasteiger partial charge in [0.15, 0.2) is 0 Å². The van der Waals surface area contributed by atoms with Crippen molar-refractivity contribution in [2.45, 2.75) is 56.3 Å². The molecule has 0 spiro atoms. The molecule has 2 fully saturated rings. The molecule has 0 radical (unpaired) electrons. The molecule has 2 heterocycles. The third kappa shape index (κ3) is 5.34. The molecule has 0 saturated carbocycles. The van der Waals surface area contributed by atoms with Gasteiger partial charge in [0.1, 0.15) is 5.82 Å². The molecule has 35 heavy (non-hydrogen) atoms. The maximum atomic E-state index is 13.7. The number of halogens is 7. The van der Waals surface area contributed by atoms with Gasteiger partial charge in [0.2, 0.25) is 0 Å². The summed E-state index contributed by atoms with van der Waals surface area (Å²) in [7, 11) is 0. The van der Waals surface area contributed by atoms with E-state index in [1.54, 1.807) is 12.1 Å². The second-order valence-electron chi connectivity index (χ2n) is 9.22. The van der Waals surface area contributed by atoms with Crippen molar-refractivity contribution >= 4 is 0 Å². The van der Waals surface area contributed by atoms with Gasteiger partial charge in [-0.25, -0.2) is 4.39 Å². The van der Waals surface area contributed by atoms with Crippen molar-refractivity contribution in [2.75, 3.05) is 26.2 Å². The molecular weight excluding hydrogens is 477 g/mol. The predicted molar refractivity (Wildman–Crippen MR) is 116 cm³/mol. The molecule has 2 aliphatic rings. The van der Waals surface area contributed by atoms with Crippen molar-refractivity contribution in [1.82, 2.24) is 10.2 Å². The van der Waals surface area contributed by atoms with E-state index in [0.29, 0.717) is 25.2 Å². The van der Waals surface area contributed by atoms with E-state index in [1.807, 2.05) is 0 Å². The lowest BCUT2D eigenvalue weighted by atomic mass is 9.83. The summed E-state index contributed by atoms with van der Waals surface area (Å²) in [5.74, 6) is -0.400. The van der Waals surface area contributed by atoms with E-state index in [9.17, 15) is 30.7 Å². The van der Waals surface area contributed by atoms with Crippen LogP contribution in [-0.4, -0.2) is 37.2 Å².